The van der Waals surface area contributed by atoms with E-state index in [1.807, 2.05) is 43.5 Å². The number of rotatable bonds is 6. The minimum atomic E-state index is -0.715. The van der Waals surface area contributed by atoms with Crippen molar-refractivity contribution in [2.24, 2.45) is 0 Å². The predicted octanol–water partition coefficient (Wildman–Crippen LogP) is 3.42. The van der Waals surface area contributed by atoms with Crippen LogP contribution in [0.3, 0.4) is 0 Å². The van der Waals surface area contributed by atoms with Crippen molar-refractivity contribution in [2.75, 3.05) is 6.54 Å². The van der Waals surface area contributed by atoms with Crippen LogP contribution in [0.1, 0.15) is 59.7 Å². The van der Waals surface area contributed by atoms with Crippen molar-refractivity contribution in [3.05, 3.63) is 51.5 Å². The molecular formula is C18H23N3O2S. The van der Waals surface area contributed by atoms with E-state index in [1.54, 1.807) is 11.3 Å². The van der Waals surface area contributed by atoms with E-state index in [9.17, 15) is 9.90 Å². The molecule has 1 saturated carbocycles. The molecule has 0 unspecified atom stereocenters. The average Bonchev–Trinajstić information content (AvgIpc) is 3.30. The van der Waals surface area contributed by atoms with Crippen molar-refractivity contribution in [1.82, 2.24) is 15.6 Å². The molecule has 0 aliphatic heterocycles. The van der Waals surface area contributed by atoms with Gasteiger partial charge in [0.15, 0.2) is 0 Å². The summed E-state index contributed by atoms with van der Waals surface area (Å²) in [5.74, 6) is 0.634. The summed E-state index contributed by atoms with van der Waals surface area (Å²) in [7, 11) is 0. The van der Waals surface area contributed by atoms with E-state index in [1.165, 1.54) is 17.8 Å². The average molecular weight is 345 g/mol. The zero-order valence-electron chi connectivity index (χ0n) is 14.0. The number of thiazole rings is 1. The second-order valence-electron chi connectivity index (χ2n) is 6.39. The summed E-state index contributed by atoms with van der Waals surface area (Å²) in [6.07, 6.45) is 1.74. The highest BCUT2D eigenvalue weighted by Crippen LogP contribution is 2.41. The molecular weight excluding hydrogens is 322 g/mol. The van der Waals surface area contributed by atoms with E-state index >= 15 is 0 Å². The first-order valence-electron chi connectivity index (χ1n) is 8.27. The van der Waals surface area contributed by atoms with Crippen LogP contribution in [0.4, 0.5) is 4.79 Å². The molecule has 1 aliphatic rings. The summed E-state index contributed by atoms with van der Waals surface area (Å²) < 4.78 is 0. The fourth-order valence-electron chi connectivity index (χ4n) is 2.43. The molecule has 1 heterocycles. The highest BCUT2D eigenvalue weighted by molar-refractivity contribution is 7.09. The lowest BCUT2D eigenvalue weighted by atomic mass is 10.1. The topological polar surface area (TPSA) is 74.2 Å². The molecule has 6 heteroatoms. The molecule has 1 aromatic carbocycles. The lowest BCUT2D eigenvalue weighted by molar-refractivity contribution is 0.172. The van der Waals surface area contributed by atoms with Crippen LogP contribution in [-0.4, -0.2) is 22.7 Å². The van der Waals surface area contributed by atoms with Crippen molar-refractivity contribution in [3.8, 4) is 0 Å². The van der Waals surface area contributed by atoms with Gasteiger partial charge in [0, 0.05) is 17.8 Å². The van der Waals surface area contributed by atoms with E-state index < -0.39 is 6.10 Å². The largest absolute Gasteiger partial charge is 0.387 e. The molecule has 1 aromatic heterocycles. The number of urea groups is 1. The smallest absolute Gasteiger partial charge is 0.315 e. The van der Waals surface area contributed by atoms with Crippen LogP contribution < -0.4 is 10.6 Å². The van der Waals surface area contributed by atoms with Crippen LogP contribution in [0.15, 0.2) is 29.6 Å². The molecule has 2 atom stereocenters. The third-order valence-corrected chi connectivity index (χ3v) is 5.20. The van der Waals surface area contributed by atoms with Gasteiger partial charge in [-0.05, 0) is 32.3 Å². The monoisotopic (exact) mass is 345 g/mol. The van der Waals surface area contributed by atoms with Gasteiger partial charge < -0.3 is 15.7 Å². The Morgan fingerprint density at radius 2 is 2.08 bits per heavy atom. The number of nitrogens with one attached hydrogen (secondary N) is 2. The first kappa shape index (κ1) is 16.9. The number of hydrogen-bond acceptors (Lipinski definition) is 4. The molecule has 24 heavy (non-hydrogen) atoms. The van der Waals surface area contributed by atoms with Gasteiger partial charge in [0.1, 0.15) is 0 Å². The van der Waals surface area contributed by atoms with Crippen LogP contribution >= 0.6 is 11.3 Å². The second kappa shape index (κ2) is 7.32. The molecule has 0 spiro atoms. The third kappa shape index (κ3) is 4.33. The maximum atomic E-state index is 12.0. The van der Waals surface area contributed by atoms with Gasteiger partial charge in [-0.25, -0.2) is 9.78 Å². The van der Waals surface area contributed by atoms with Gasteiger partial charge in [-0.2, -0.15) is 0 Å². The Kier molecular flexibility index (Phi) is 5.16. The maximum absolute atomic E-state index is 12.0. The molecule has 2 aromatic rings. The third-order valence-electron chi connectivity index (χ3n) is 4.18. The summed E-state index contributed by atoms with van der Waals surface area (Å²) in [5.41, 5.74) is 2.83. The first-order chi connectivity index (χ1) is 11.5. The molecule has 0 radical (unpaired) electrons. The molecule has 3 N–H and O–H groups in total. The van der Waals surface area contributed by atoms with Crippen LogP contribution in [-0.2, 0) is 0 Å². The van der Waals surface area contributed by atoms with E-state index in [0.29, 0.717) is 5.92 Å². The Labute approximate surface area is 146 Å². The van der Waals surface area contributed by atoms with Gasteiger partial charge >= 0.3 is 6.03 Å². The van der Waals surface area contributed by atoms with Gasteiger partial charge in [0.2, 0.25) is 0 Å². The van der Waals surface area contributed by atoms with Crippen molar-refractivity contribution in [3.63, 3.8) is 0 Å². The minimum absolute atomic E-state index is 0.148. The van der Waals surface area contributed by atoms with E-state index in [0.717, 1.165) is 16.8 Å². The van der Waals surface area contributed by atoms with Gasteiger partial charge in [-0.1, -0.05) is 29.8 Å². The van der Waals surface area contributed by atoms with Crippen LogP contribution in [0.25, 0.3) is 0 Å². The molecule has 0 saturated heterocycles. The molecule has 0 bridgehead atoms. The van der Waals surface area contributed by atoms with E-state index in [4.69, 9.17) is 0 Å². The lowest BCUT2D eigenvalue weighted by Gasteiger charge is -2.15. The number of aryl methyl sites for hydroxylation is 1. The van der Waals surface area contributed by atoms with Gasteiger partial charge in [0.05, 0.1) is 22.8 Å². The number of aliphatic hydroxyl groups excluding tert-OH is 1. The van der Waals surface area contributed by atoms with Crippen molar-refractivity contribution >= 4 is 17.4 Å². The normalized spacial score (nSPS) is 16.5. The summed E-state index contributed by atoms with van der Waals surface area (Å²) >= 11 is 1.67. The Balaban J connectivity index is 1.46. The zero-order chi connectivity index (χ0) is 17.1. The van der Waals surface area contributed by atoms with E-state index in [2.05, 4.69) is 15.6 Å². The Hall–Kier alpha value is -1.92. The first-order valence-corrected chi connectivity index (χ1v) is 9.15. The summed E-state index contributed by atoms with van der Waals surface area (Å²) in [4.78, 5) is 16.6. The Morgan fingerprint density at radius 1 is 1.38 bits per heavy atom. The molecule has 1 aliphatic carbocycles. The summed E-state index contributed by atoms with van der Waals surface area (Å²) in [6.45, 7) is 4.09. The lowest BCUT2D eigenvalue weighted by Crippen LogP contribution is -2.39. The standard InChI is InChI=1S/C18H23N3O2S/c1-11-3-5-13(6-4-11)16(22)9-19-18(23)20-12(2)15-10-24-17(21-15)14-7-8-14/h3-6,10,12,14,16,22H,7-9H2,1-2H3,(H2,19,20,23)/t12-,16-/m1/s1. The maximum Gasteiger partial charge on any atom is 0.315 e. The summed E-state index contributed by atoms with van der Waals surface area (Å²) in [5, 5.41) is 18.9. The Morgan fingerprint density at radius 3 is 2.75 bits per heavy atom. The summed E-state index contributed by atoms with van der Waals surface area (Å²) in [6, 6.07) is 7.19. The number of aromatic nitrogens is 1. The number of hydrogen-bond donors (Lipinski definition) is 3. The number of benzene rings is 1. The van der Waals surface area contributed by atoms with Gasteiger partial charge in [-0.3, -0.25) is 0 Å². The van der Waals surface area contributed by atoms with Crippen molar-refractivity contribution in [1.29, 1.82) is 0 Å². The molecule has 2 amide bonds. The molecule has 5 nitrogen and oxygen atoms in total. The highest BCUT2D eigenvalue weighted by Gasteiger charge is 2.27. The predicted molar refractivity (Wildman–Crippen MR) is 95.2 cm³/mol. The fraction of sp³-hybridized carbons (Fsp3) is 0.444. The van der Waals surface area contributed by atoms with Crippen LogP contribution in [0.5, 0.6) is 0 Å². The second-order valence-corrected chi connectivity index (χ2v) is 7.28. The quantitative estimate of drug-likeness (QED) is 0.751. The zero-order valence-corrected chi connectivity index (χ0v) is 14.8. The van der Waals surface area contributed by atoms with Gasteiger partial charge in [-0.15, -0.1) is 11.3 Å². The number of carbonyl (C=O) groups excluding carboxylic acids is 1. The fourth-order valence-corrected chi connectivity index (χ4v) is 3.52. The SMILES string of the molecule is Cc1ccc([C@H](O)CNC(=O)N[C@H](C)c2csc(C3CC3)n2)cc1. The van der Waals surface area contributed by atoms with Crippen molar-refractivity contribution < 1.29 is 9.90 Å². The number of nitrogens with zero attached hydrogens (tertiary/aromatic N) is 1. The Bertz CT molecular complexity index is 695. The number of aliphatic hydroxyl groups is 1. The van der Waals surface area contributed by atoms with Crippen molar-refractivity contribution in [2.45, 2.75) is 44.8 Å². The molecule has 3 rings (SSSR count). The van der Waals surface area contributed by atoms with Gasteiger partial charge in [0.25, 0.3) is 0 Å². The van der Waals surface area contributed by atoms with Crippen LogP contribution in [0.2, 0.25) is 0 Å². The van der Waals surface area contributed by atoms with E-state index in [-0.39, 0.29) is 18.6 Å². The number of carbonyl (C=O) groups is 1. The number of amides is 2. The highest BCUT2D eigenvalue weighted by atomic mass is 32.1. The van der Waals surface area contributed by atoms with Crippen LogP contribution in [0, 0.1) is 6.92 Å². The minimum Gasteiger partial charge on any atom is -0.387 e. The molecule has 128 valence electrons. The molecule has 1 fully saturated rings.